The van der Waals surface area contributed by atoms with Gasteiger partial charge in [-0.3, -0.25) is 0 Å². The van der Waals surface area contributed by atoms with E-state index < -0.39 is 0 Å². The molecule has 0 radical (unpaired) electrons. The van der Waals surface area contributed by atoms with E-state index in [0.29, 0.717) is 5.56 Å². The van der Waals surface area contributed by atoms with Gasteiger partial charge < -0.3 is 18.6 Å². The molecular formula is C118H83N5. The molecule has 0 saturated heterocycles. The molecule has 580 valence electrons. The zero-order valence-electron chi connectivity index (χ0n) is 69.3. The van der Waals surface area contributed by atoms with Crippen molar-refractivity contribution >= 4 is 147 Å². The lowest BCUT2D eigenvalue weighted by Crippen LogP contribution is -2.23. The van der Waals surface area contributed by atoms with E-state index in [1.807, 2.05) is 12.1 Å². The average Bonchev–Trinajstić information content (AvgIpc) is 1.61. The monoisotopic (exact) mass is 1570 g/mol. The average molecular weight is 1570 g/mol. The third-order valence-electron chi connectivity index (χ3n) is 27.6. The van der Waals surface area contributed by atoms with Crippen molar-refractivity contribution in [3.05, 3.63) is 433 Å². The van der Waals surface area contributed by atoms with Crippen LogP contribution in [0.5, 0.6) is 0 Å². The third kappa shape index (κ3) is 10.6. The van der Waals surface area contributed by atoms with Gasteiger partial charge in [0, 0.05) is 99.4 Å². The summed E-state index contributed by atoms with van der Waals surface area (Å²) in [5.74, 6) is 0. The molecule has 5 heteroatoms. The molecule has 0 amide bonds. The van der Waals surface area contributed by atoms with Crippen LogP contribution in [0.3, 0.4) is 0 Å². The van der Waals surface area contributed by atoms with Crippen LogP contribution in [0.4, 0.5) is 17.1 Å². The number of fused-ring (bicyclic) bond motifs is 22. The van der Waals surface area contributed by atoms with Crippen molar-refractivity contribution in [3.63, 3.8) is 0 Å². The Bertz CT molecular complexity index is 8400. The van der Waals surface area contributed by atoms with Gasteiger partial charge in [0.1, 0.15) is 0 Å². The normalized spacial score (nSPS) is 13.6. The first-order valence-electron chi connectivity index (χ1n) is 42.9. The molecule has 5 nitrogen and oxygen atoms in total. The number of benzene rings is 20. The van der Waals surface area contributed by atoms with Gasteiger partial charge in [-0.15, -0.1) is 0 Å². The van der Waals surface area contributed by atoms with Crippen molar-refractivity contribution in [3.8, 4) is 56.5 Å². The van der Waals surface area contributed by atoms with Gasteiger partial charge in [-0.2, -0.15) is 5.26 Å². The lowest BCUT2D eigenvalue weighted by Gasteiger charge is -2.35. The predicted molar refractivity (Wildman–Crippen MR) is 519 cm³/mol. The molecule has 3 heterocycles. The Labute approximate surface area is 713 Å². The molecule has 0 fully saturated rings. The first-order valence-corrected chi connectivity index (χ1v) is 42.9. The smallest absolute Gasteiger partial charge is 0.0991 e. The molecule has 0 N–H and O–H groups in total. The van der Waals surface area contributed by atoms with E-state index in [-0.39, 0.29) is 16.2 Å². The summed E-state index contributed by atoms with van der Waals surface area (Å²) in [5, 5.41) is 32.8. The SMILES string of the molecule is CC1(C)c2ccccc2-c2c3c1cccc3cc1c2c2c3ccccc3ccc2n1-c1ccccc1.CC1(C)c2ccccc2-c2c3c1cccc3cc1c2c2cc3ccccc3cc2n1-c1ccc(C#N)cc1.CC1(C)c2ccccc2-c2c3c1cccc3cc1c2c2cc3ccccc3cc2n1-c1ccc(N(c2ccccc2)c2ccccc2)cc1. The topological polar surface area (TPSA) is 41.8 Å². The number of nitrogens with zero attached hydrogens (tertiary/aromatic N) is 5. The van der Waals surface area contributed by atoms with Gasteiger partial charge in [0.05, 0.1) is 44.7 Å². The highest BCUT2D eigenvalue weighted by Gasteiger charge is 2.39. The minimum absolute atomic E-state index is 0.0589. The molecule has 0 unspecified atom stereocenters. The van der Waals surface area contributed by atoms with Crippen LogP contribution in [0.15, 0.2) is 394 Å². The summed E-state index contributed by atoms with van der Waals surface area (Å²) < 4.78 is 7.33. The van der Waals surface area contributed by atoms with Gasteiger partial charge in [0.15, 0.2) is 0 Å². The first-order chi connectivity index (χ1) is 60.3. The van der Waals surface area contributed by atoms with Crippen LogP contribution in [-0.2, 0) is 16.2 Å². The Balaban J connectivity index is 0.000000106. The molecule has 0 bridgehead atoms. The summed E-state index contributed by atoms with van der Waals surface area (Å²) >= 11 is 0. The van der Waals surface area contributed by atoms with Gasteiger partial charge in [0.2, 0.25) is 0 Å². The Morgan fingerprint density at radius 3 is 0.976 bits per heavy atom. The van der Waals surface area contributed by atoms with Crippen LogP contribution in [-0.4, -0.2) is 13.7 Å². The van der Waals surface area contributed by atoms with Crippen LogP contribution in [0.1, 0.15) is 80.5 Å². The van der Waals surface area contributed by atoms with Crippen molar-refractivity contribution in [2.24, 2.45) is 0 Å². The molecule has 0 saturated carbocycles. The zero-order chi connectivity index (χ0) is 82.3. The largest absolute Gasteiger partial charge is 0.311 e. The summed E-state index contributed by atoms with van der Waals surface area (Å²) in [6.45, 7) is 14.2. The number of hydrogen-bond donors (Lipinski definition) is 0. The molecule has 0 atom stereocenters. The van der Waals surface area contributed by atoms with E-state index in [9.17, 15) is 5.26 Å². The highest BCUT2D eigenvalue weighted by atomic mass is 15.1. The first kappa shape index (κ1) is 71.7. The standard InChI is InChI=1S/C47H34N2.C36H24N2.C35H25N/c1-47(2)40-22-12-11-21-38(40)46-44-33(16-13-23-41(44)47)30-43-45(46)39-28-31-14-9-10-15-32(31)29-42(39)49(43)37-26-24-36(25-27-37)48(34-17-5-3-6-18-34)35-19-7-4-8-20-35;1-36(2)29-12-6-5-11-27(29)35-33-25(10-7-13-30(33)36)20-32-34(35)28-18-23-8-3-4-9-24(23)19-31(28)38(32)26-16-14-22(21-37)15-17-26;1-35(2)27-17-9-8-16-26(27)33-31-23(12-10-18-28(31)35)21-30-34(33)32-25-15-7-6-11-22(25)19-20-29(32)36(30)24-13-4-3-5-14-24/h3-30H,1-2H3;3-20H,1-2H3;3-21H,1-2H3. The lowest BCUT2D eigenvalue weighted by molar-refractivity contribution is 0.645. The summed E-state index contributed by atoms with van der Waals surface area (Å²) in [6.07, 6.45) is 0. The highest BCUT2D eigenvalue weighted by molar-refractivity contribution is 6.32. The second-order valence-electron chi connectivity index (χ2n) is 35.3. The molecule has 0 aliphatic heterocycles. The number of aromatic nitrogens is 3. The molecule has 26 rings (SSSR count). The van der Waals surface area contributed by atoms with Gasteiger partial charge in [-0.05, 0) is 248 Å². The van der Waals surface area contributed by atoms with Crippen LogP contribution in [0.25, 0.3) is 180 Å². The second-order valence-corrected chi connectivity index (χ2v) is 35.3. The number of anilines is 3. The van der Waals surface area contributed by atoms with Crippen molar-refractivity contribution in [1.82, 2.24) is 13.7 Å². The number of rotatable bonds is 6. The fourth-order valence-electron chi connectivity index (χ4n) is 22.0. The summed E-state index contributed by atoms with van der Waals surface area (Å²) in [7, 11) is 0. The Morgan fingerprint density at radius 2 is 0.537 bits per heavy atom. The van der Waals surface area contributed by atoms with Crippen molar-refractivity contribution in [2.45, 2.75) is 57.8 Å². The Kier molecular flexibility index (Phi) is 15.8. The second kappa shape index (κ2) is 27.1. The maximum Gasteiger partial charge on any atom is 0.0991 e. The highest BCUT2D eigenvalue weighted by Crippen LogP contribution is 2.58. The summed E-state index contributed by atoms with van der Waals surface area (Å²) in [4.78, 5) is 2.32. The predicted octanol–water partition coefficient (Wildman–Crippen LogP) is 31.5. The van der Waals surface area contributed by atoms with Gasteiger partial charge in [0.25, 0.3) is 0 Å². The van der Waals surface area contributed by atoms with E-state index in [1.54, 1.807) is 0 Å². The molecule has 0 spiro atoms. The molecule has 123 heavy (non-hydrogen) atoms. The zero-order valence-corrected chi connectivity index (χ0v) is 69.3. The van der Waals surface area contributed by atoms with E-state index in [0.717, 1.165) is 28.4 Å². The quantitative estimate of drug-likeness (QED) is 0.166. The lowest BCUT2D eigenvalue weighted by atomic mass is 9.68. The van der Waals surface area contributed by atoms with Crippen LogP contribution < -0.4 is 4.90 Å². The third-order valence-corrected chi connectivity index (χ3v) is 27.6. The van der Waals surface area contributed by atoms with Gasteiger partial charge in [-0.1, -0.05) is 302 Å². The van der Waals surface area contributed by atoms with Crippen LogP contribution >= 0.6 is 0 Å². The van der Waals surface area contributed by atoms with Crippen molar-refractivity contribution in [2.75, 3.05) is 4.90 Å². The van der Waals surface area contributed by atoms with Crippen LogP contribution in [0, 0.1) is 11.3 Å². The minimum Gasteiger partial charge on any atom is -0.311 e. The molecule has 23 aromatic rings. The summed E-state index contributed by atoms with van der Waals surface area (Å²) in [5.41, 5.74) is 31.0. The van der Waals surface area contributed by atoms with E-state index in [1.165, 1.54) is 203 Å². The molecule has 3 aliphatic carbocycles. The number of hydrogen-bond acceptors (Lipinski definition) is 2. The van der Waals surface area contributed by atoms with E-state index in [2.05, 4.69) is 448 Å². The minimum atomic E-state index is -0.0962. The van der Waals surface area contributed by atoms with Crippen LogP contribution in [0.2, 0.25) is 0 Å². The maximum atomic E-state index is 9.42. The van der Waals surface area contributed by atoms with E-state index >= 15 is 0 Å². The fourth-order valence-corrected chi connectivity index (χ4v) is 22.0. The molecular weight excluding hydrogens is 1490 g/mol. The van der Waals surface area contributed by atoms with E-state index in [4.69, 9.17) is 0 Å². The van der Waals surface area contributed by atoms with Crippen molar-refractivity contribution in [1.29, 1.82) is 5.26 Å². The van der Waals surface area contributed by atoms with Gasteiger partial charge >= 0.3 is 0 Å². The summed E-state index contributed by atoms with van der Waals surface area (Å²) in [6, 6.07) is 146. The van der Waals surface area contributed by atoms with Crippen molar-refractivity contribution < 1.29 is 0 Å². The maximum absolute atomic E-state index is 9.42. The molecule has 3 aliphatic rings. The Morgan fingerprint density at radius 1 is 0.220 bits per heavy atom. The number of para-hydroxylation sites is 3. The fraction of sp³-hybridized carbons (Fsp3) is 0.0763. The Hall–Kier alpha value is -15.4. The molecule has 3 aromatic heterocycles. The van der Waals surface area contributed by atoms with Gasteiger partial charge in [-0.25, -0.2) is 0 Å². The number of nitriles is 1. The molecule has 20 aromatic carbocycles.